The lowest BCUT2D eigenvalue weighted by molar-refractivity contribution is -0.123. The molecule has 1 amide bonds. The molecule has 3 unspecified atom stereocenters. The average molecular weight is 289 g/mol. The summed E-state index contributed by atoms with van der Waals surface area (Å²) in [4.78, 5) is 14.5. The molecule has 1 aliphatic rings. The van der Waals surface area contributed by atoms with Crippen LogP contribution in [0.4, 0.5) is 0 Å². The van der Waals surface area contributed by atoms with E-state index in [-0.39, 0.29) is 11.9 Å². The van der Waals surface area contributed by atoms with Crippen molar-refractivity contribution in [3.05, 3.63) is 35.9 Å². The topological polar surface area (TPSA) is 58.4 Å². The highest BCUT2D eigenvalue weighted by atomic mass is 16.2. The molecule has 0 aliphatic carbocycles. The summed E-state index contributed by atoms with van der Waals surface area (Å²) in [7, 11) is 0. The summed E-state index contributed by atoms with van der Waals surface area (Å²) < 4.78 is 0. The number of carbonyl (C=O) groups is 1. The number of nitrogens with zero attached hydrogens (tertiary/aromatic N) is 1. The summed E-state index contributed by atoms with van der Waals surface area (Å²) in [6.07, 6.45) is 2.25. The average Bonchev–Trinajstić information content (AvgIpc) is 2.49. The van der Waals surface area contributed by atoms with Gasteiger partial charge in [-0.3, -0.25) is 9.69 Å². The van der Waals surface area contributed by atoms with E-state index in [1.54, 1.807) is 0 Å². The Morgan fingerprint density at radius 1 is 1.43 bits per heavy atom. The highest BCUT2D eigenvalue weighted by Gasteiger charge is 2.26. The summed E-state index contributed by atoms with van der Waals surface area (Å²) in [5.74, 6) is 0.792. The van der Waals surface area contributed by atoms with Crippen LogP contribution in [0.3, 0.4) is 0 Å². The smallest absolute Gasteiger partial charge is 0.234 e. The summed E-state index contributed by atoms with van der Waals surface area (Å²) in [5.41, 5.74) is 6.98. The monoisotopic (exact) mass is 289 g/mol. The summed E-state index contributed by atoms with van der Waals surface area (Å²) in [6.45, 7) is 6.33. The van der Waals surface area contributed by atoms with E-state index in [0.29, 0.717) is 25.0 Å². The van der Waals surface area contributed by atoms with Crippen molar-refractivity contribution in [3.63, 3.8) is 0 Å². The van der Waals surface area contributed by atoms with Crippen molar-refractivity contribution in [2.45, 2.75) is 38.8 Å². The zero-order valence-corrected chi connectivity index (χ0v) is 13.1. The highest BCUT2D eigenvalue weighted by molar-refractivity contribution is 5.78. The van der Waals surface area contributed by atoms with Crippen LogP contribution in [0, 0.1) is 5.92 Å². The molecule has 0 radical (unpaired) electrons. The van der Waals surface area contributed by atoms with Gasteiger partial charge < -0.3 is 11.1 Å². The Morgan fingerprint density at radius 2 is 2.14 bits per heavy atom. The minimum absolute atomic E-state index is 0.0405. The number of hydrogen-bond acceptors (Lipinski definition) is 3. The van der Waals surface area contributed by atoms with E-state index >= 15 is 0 Å². The van der Waals surface area contributed by atoms with Crippen molar-refractivity contribution in [2.75, 3.05) is 19.6 Å². The molecule has 2 rings (SSSR count). The number of rotatable bonds is 5. The Hall–Kier alpha value is -1.39. The lowest BCUT2D eigenvalue weighted by Gasteiger charge is -2.37. The molecule has 0 aromatic heterocycles. The molecule has 21 heavy (non-hydrogen) atoms. The predicted molar refractivity (Wildman–Crippen MR) is 85.8 cm³/mol. The number of nitrogens with two attached hydrogens (primary N) is 1. The minimum Gasteiger partial charge on any atom is -0.348 e. The van der Waals surface area contributed by atoms with Gasteiger partial charge in [0, 0.05) is 12.6 Å². The second-order valence-electron chi connectivity index (χ2n) is 6.19. The number of amides is 1. The SMILES string of the molecule is CC1CCN(CC(=O)NC(C)c2ccccc2)C(CN)C1. The van der Waals surface area contributed by atoms with E-state index in [4.69, 9.17) is 5.73 Å². The molecule has 1 aromatic carbocycles. The summed E-state index contributed by atoms with van der Waals surface area (Å²) in [6, 6.07) is 10.4. The van der Waals surface area contributed by atoms with Gasteiger partial charge in [0.2, 0.25) is 5.91 Å². The van der Waals surface area contributed by atoms with Crippen molar-refractivity contribution >= 4 is 5.91 Å². The van der Waals surface area contributed by atoms with Gasteiger partial charge in [0.25, 0.3) is 0 Å². The van der Waals surface area contributed by atoms with E-state index in [1.807, 2.05) is 37.3 Å². The fourth-order valence-corrected chi connectivity index (χ4v) is 3.05. The first-order chi connectivity index (χ1) is 10.1. The molecular formula is C17H27N3O. The van der Waals surface area contributed by atoms with Crippen LogP contribution in [-0.4, -0.2) is 36.5 Å². The number of hydrogen-bond donors (Lipinski definition) is 2. The second-order valence-corrected chi connectivity index (χ2v) is 6.19. The Kier molecular flexibility index (Phi) is 5.76. The quantitative estimate of drug-likeness (QED) is 0.870. The first-order valence-electron chi connectivity index (χ1n) is 7.88. The molecule has 4 nitrogen and oxygen atoms in total. The molecule has 116 valence electrons. The molecule has 1 saturated heterocycles. The molecule has 1 aromatic rings. The molecule has 1 heterocycles. The molecule has 0 bridgehead atoms. The Morgan fingerprint density at radius 3 is 2.81 bits per heavy atom. The molecule has 1 aliphatic heterocycles. The van der Waals surface area contributed by atoms with E-state index < -0.39 is 0 Å². The Balaban J connectivity index is 1.86. The molecular weight excluding hydrogens is 262 g/mol. The van der Waals surface area contributed by atoms with Crippen molar-refractivity contribution < 1.29 is 4.79 Å². The first kappa shape index (κ1) is 16.0. The number of nitrogens with one attached hydrogen (secondary N) is 1. The standard InChI is InChI=1S/C17H27N3O/c1-13-8-9-20(16(10-13)11-18)12-17(21)19-14(2)15-6-4-3-5-7-15/h3-7,13-14,16H,8-12,18H2,1-2H3,(H,19,21). The van der Waals surface area contributed by atoms with Crippen LogP contribution < -0.4 is 11.1 Å². The van der Waals surface area contributed by atoms with Crippen molar-refractivity contribution in [1.29, 1.82) is 0 Å². The Labute approximate surface area is 127 Å². The van der Waals surface area contributed by atoms with Crippen LogP contribution in [0.25, 0.3) is 0 Å². The van der Waals surface area contributed by atoms with Crippen LogP contribution in [0.15, 0.2) is 30.3 Å². The molecule has 0 saturated carbocycles. The first-order valence-corrected chi connectivity index (χ1v) is 7.88. The van der Waals surface area contributed by atoms with Crippen LogP contribution in [0.5, 0.6) is 0 Å². The van der Waals surface area contributed by atoms with E-state index in [0.717, 1.165) is 24.9 Å². The van der Waals surface area contributed by atoms with Crippen LogP contribution in [-0.2, 0) is 4.79 Å². The van der Waals surface area contributed by atoms with Gasteiger partial charge >= 0.3 is 0 Å². The van der Waals surface area contributed by atoms with Crippen molar-refractivity contribution in [1.82, 2.24) is 10.2 Å². The van der Waals surface area contributed by atoms with E-state index in [9.17, 15) is 4.79 Å². The van der Waals surface area contributed by atoms with Gasteiger partial charge in [-0.2, -0.15) is 0 Å². The molecule has 1 fully saturated rings. The Bertz CT molecular complexity index is 449. The van der Waals surface area contributed by atoms with Crippen molar-refractivity contribution in [3.8, 4) is 0 Å². The van der Waals surface area contributed by atoms with Gasteiger partial charge in [-0.25, -0.2) is 0 Å². The van der Waals surface area contributed by atoms with Crippen LogP contribution >= 0.6 is 0 Å². The summed E-state index contributed by atoms with van der Waals surface area (Å²) >= 11 is 0. The van der Waals surface area contributed by atoms with Gasteiger partial charge in [0.05, 0.1) is 12.6 Å². The van der Waals surface area contributed by atoms with Gasteiger partial charge in [-0.15, -0.1) is 0 Å². The third kappa shape index (κ3) is 4.55. The minimum atomic E-state index is 0.0405. The van der Waals surface area contributed by atoms with E-state index in [2.05, 4.69) is 17.1 Å². The van der Waals surface area contributed by atoms with Crippen molar-refractivity contribution in [2.24, 2.45) is 11.7 Å². The predicted octanol–water partition coefficient (Wildman–Crippen LogP) is 1.92. The second kappa shape index (κ2) is 7.57. The van der Waals surface area contributed by atoms with Crippen LogP contribution in [0.1, 0.15) is 38.3 Å². The number of likely N-dealkylation sites (tertiary alicyclic amines) is 1. The fraction of sp³-hybridized carbons (Fsp3) is 0.588. The van der Waals surface area contributed by atoms with Gasteiger partial charge in [0.1, 0.15) is 0 Å². The third-order valence-corrected chi connectivity index (χ3v) is 4.40. The highest BCUT2D eigenvalue weighted by Crippen LogP contribution is 2.21. The van der Waals surface area contributed by atoms with Crippen LogP contribution in [0.2, 0.25) is 0 Å². The normalized spacial score (nSPS) is 24.5. The maximum absolute atomic E-state index is 12.2. The molecule has 4 heteroatoms. The number of piperidine rings is 1. The van der Waals surface area contributed by atoms with Gasteiger partial charge in [-0.1, -0.05) is 37.3 Å². The molecule has 0 spiro atoms. The molecule has 3 N–H and O–H groups in total. The maximum atomic E-state index is 12.2. The zero-order chi connectivity index (χ0) is 15.2. The lowest BCUT2D eigenvalue weighted by Crippen LogP contribution is -2.50. The lowest BCUT2D eigenvalue weighted by atomic mass is 9.92. The maximum Gasteiger partial charge on any atom is 0.234 e. The van der Waals surface area contributed by atoms with E-state index in [1.165, 1.54) is 0 Å². The van der Waals surface area contributed by atoms with Gasteiger partial charge in [0.15, 0.2) is 0 Å². The largest absolute Gasteiger partial charge is 0.348 e. The molecule has 3 atom stereocenters. The number of benzene rings is 1. The zero-order valence-electron chi connectivity index (χ0n) is 13.1. The third-order valence-electron chi connectivity index (χ3n) is 4.40. The fourth-order valence-electron chi connectivity index (χ4n) is 3.05. The summed E-state index contributed by atoms with van der Waals surface area (Å²) in [5, 5.41) is 3.08. The van der Waals surface area contributed by atoms with Gasteiger partial charge in [-0.05, 0) is 37.8 Å². The number of carbonyl (C=O) groups excluding carboxylic acids is 1.